The lowest BCUT2D eigenvalue weighted by Gasteiger charge is -2.06. The van der Waals surface area contributed by atoms with Crippen LogP contribution in [-0.4, -0.2) is 18.1 Å². The number of pyridine rings is 1. The number of rotatable bonds is 4. The molecular formula is C16H12F3N3O2. The number of azo groups is 1. The van der Waals surface area contributed by atoms with E-state index < -0.39 is 17.7 Å². The summed E-state index contributed by atoms with van der Waals surface area (Å²) >= 11 is 0. The number of halogens is 3. The first-order valence-electron chi connectivity index (χ1n) is 6.69. The van der Waals surface area contributed by atoms with Crippen LogP contribution in [0.3, 0.4) is 0 Å². The number of esters is 1. The summed E-state index contributed by atoms with van der Waals surface area (Å²) < 4.78 is 42.5. The maximum atomic E-state index is 12.7. The van der Waals surface area contributed by atoms with Gasteiger partial charge in [-0.1, -0.05) is 6.07 Å². The Hall–Kier alpha value is -3.03. The van der Waals surface area contributed by atoms with Gasteiger partial charge in [0, 0.05) is 24.0 Å². The normalized spacial score (nSPS) is 12.0. The number of nitrogens with zero attached hydrogens (tertiary/aromatic N) is 3. The second kappa shape index (κ2) is 7.49. The van der Waals surface area contributed by atoms with E-state index in [0.29, 0.717) is 11.3 Å². The van der Waals surface area contributed by atoms with Gasteiger partial charge in [-0.2, -0.15) is 18.3 Å². The Morgan fingerprint density at radius 2 is 2.04 bits per heavy atom. The molecule has 0 aliphatic rings. The molecule has 0 aliphatic heterocycles. The van der Waals surface area contributed by atoms with Crippen molar-refractivity contribution in [2.75, 3.05) is 7.11 Å². The molecule has 0 saturated carbocycles. The van der Waals surface area contributed by atoms with Crippen LogP contribution in [0.2, 0.25) is 0 Å². The predicted octanol–water partition coefficient (Wildman–Crippen LogP) is 4.70. The molecule has 0 atom stereocenters. The quantitative estimate of drug-likeness (QED) is 0.462. The van der Waals surface area contributed by atoms with Crippen molar-refractivity contribution in [3.05, 3.63) is 59.9 Å². The van der Waals surface area contributed by atoms with Crippen molar-refractivity contribution in [1.82, 2.24) is 4.98 Å². The van der Waals surface area contributed by atoms with Crippen LogP contribution in [0, 0.1) is 0 Å². The largest absolute Gasteiger partial charge is 0.466 e. The molecule has 1 aromatic heterocycles. The molecule has 24 heavy (non-hydrogen) atoms. The van der Waals surface area contributed by atoms with Crippen molar-refractivity contribution >= 4 is 23.4 Å². The van der Waals surface area contributed by atoms with Crippen molar-refractivity contribution in [2.45, 2.75) is 6.18 Å². The minimum absolute atomic E-state index is 0.0598. The van der Waals surface area contributed by atoms with Gasteiger partial charge in [0.1, 0.15) is 0 Å². The molecule has 5 nitrogen and oxygen atoms in total. The molecular weight excluding hydrogens is 323 g/mol. The van der Waals surface area contributed by atoms with Crippen LogP contribution in [0.5, 0.6) is 0 Å². The molecule has 2 aromatic rings. The lowest BCUT2D eigenvalue weighted by atomic mass is 10.2. The molecule has 0 spiro atoms. The molecule has 0 N–H and O–H groups in total. The van der Waals surface area contributed by atoms with Gasteiger partial charge in [0.2, 0.25) is 0 Å². The van der Waals surface area contributed by atoms with Gasteiger partial charge in [-0.05, 0) is 30.3 Å². The van der Waals surface area contributed by atoms with Crippen LogP contribution in [-0.2, 0) is 15.7 Å². The first-order chi connectivity index (χ1) is 11.4. The Morgan fingerprint density at radius 1 is 1.25 bits per heavy atom. The van der Waals surface area contributed by atoms with Crippen molar-refractivity contribution in [1.29, 1.82) is 0 Å². The molecule has 0 bridgehead atoms. The minimum atomic E-state index is -4.45. The van der Waals surface area contributed by atoms with E-state index in [1.165, 1.54) is 49.9 Å². The third kappa shape index (κ3) is 4.73. The summed E-state index contributed by atoms with van der Waals surface area (Å²) in [5, 5.41) is 7.72. The smallest absolute Gasteiger partial charge is 0.416 e. The number of methoxy groups -OCH3 is 1. The van der Waals surface area contributed by atoms with Gasteiger partial charge >= 0.3 is 12.1 Å². The maximum absolute atomic E-state index is 12.7. The summed E-state index contributed by atoms with van der Waals surface area (Å²) in [7, 11) is 1.24. The average molecular weight is 335 g/mol. The fourth-order valence-electron chi connectivity index (χ4n) is 1.70. The standard InChI is InChI=1S/C16H12F3N3O2/c1-24-15(23)6-5-11-10-20-8-7-14(11)22-21-13-4-2-3-12(9-13)16(17,18)19/h2-10H,1H3/b6-5+,22-21?. The van der Waals surface area contributed by atoms with Gasteiger partial charge in [-0.15, -0.1) is 5.11 Å². The Morgan fingerprint density at radius 3 is 2.75 bits per heavy atom. The van der Waals surface area contributed by atoms with E-state index in [1.54, 1.807) is 0 Å². The van der Waals surface area contributed by atoms with Gasteiger partial charge in [0.15, 0.2) is 0 Å². The van der Waals surface area contributed by atoms with E-state index in [9.17, 15) is 18.0 Å². The molecule has 0 radical (unpaired) electrons. The third-order valence-electron chi connectivity index (χ3n) is 2.87. The third-order valence-corrected chi connectivity index (χ3v) is 2.87. The van der Waals surface area contributed by atoms with E-state index in [-0.39, 0.29) is 5.69 Å². The maximum Gasteiger partial charge on any atom is 0.416 e. The summed E-state index contributed by atoms with van der Waals surface area (Å²) in [6, 6.07) is 6.03. The Kier molecular flexibility index (Phi) is 5.41. The molecule has 0 fully saturated rings. The van der Waals surface area contributed by atoms with E-state index in [4.69, 9.17) is 0 Å². The lowest BCUT2D eigenvalue weighted by Crippen LogP contribution is -2.03. The highest BCUT2D eigenvalue weighted by molar-refractivity contribution is 5.87. The zero-order valence-electron chi connectivity index (χ0n) is 12.5. The number of carbonyl (C=O) groups excluding carboxylic acids is 1. The zero-order chi connectivity index (χ0) is 17.6. The van der Waals surface area contributed by atoms with Crippen LogP contribution < -0.4 is 0 Å². The van der Waals surface area contributed by atoms with Gasteiger partial charge in [0.05, 0.1) is 24.0 Å². The molecule has 1 heterocycles. The first-order valence-corrected chi connectivity index (χ1v) is 6.69. The summed E-state index contributed by atoms with van der Waals surface area (Å²) in [6.45, 7) is 0. The number of ether oxygens (including phenoxy) is 1. The topological polar surface area (TPSA) is 63.9 Å². The molecule has 8 heteroatoms. The highest BCUT2D eigenvalue weighted by Crippen LogP contribution is 2.32. The van der Waals surface area contributed by atoms with E-state index >= 15 is 0 Å². The number of hydrogen-bond acceptors (Lipinski definition) is 5. The second-order valence-corrected chi connectivity index (χ2v) is 4.54. The Bertz CT molecular complexity index is 786. The van der Waals surface area contributed by atoms with Gasteiger partial charge in [0.25, 0.3) is 0 Å². The summed E-state index contributed by atoms with van der Waals surface area (Å²) in [5.41, 5.74) is 0.0743. The van der Waals surface area contributed by atoms with Crippen molar-refractivity contribution in [3.8, 4) is 0 Å². The van der Waals surface area contributed by atoms with Crippen LogP contribution in [0.4, 0.5) is 24.5 Å². The molecule has 1 aromatic carbocycles. The molecule has 124 valence electrons. The molecule has 0 saturated heterocycles. The van der Waals surface area contributed by atoms with Crippen LogP contribution in [0.25, 0.3) is 6.08 Å². The van der Waals surface area contributed by atoms with Gasteiger partial charge in [-0.25, -0.2) is 4.79 Å². The summed E-state index contributed by atoms with van der Waals surface area (Å²) in [5.74, 6) is -0.556. The Labute approximate surface area is 135 Å². The predicted molar refractivity (Wildman–Crippen MR) is 80.9 cm³/mol. The van der Waals surface area contributed by atoms with Gasteiger partial charge < -0.3 is 4.74 Å². The van der Waals surface area contributed by atoms with E-state index in [2.05, 4.69) is 19.9 Å². The average Bonchev–Trinajstić information content (AvgIpc) is 2.58. The lowest BCUT2D eigenvalue weighted by molar-refractivity contribution is -0.137. The fraction of sp³-hybridized carbons (Fsp3) is 0.125. The van der Waals surface area contributed by atoms with E-state index in [0.717, 1.165) is 12.1 Å². The first kappa shape index (κ1) is 17.3. The molecule has 0 aliphatic carbocycles. The highest BCUT2D eigenvalue weighted by atomic mass is 19.4. The highest BCUT2D eigenvalue weighted by Gasteiger charge is 2.30. The van der Waals surface area contributed by atoms with Crippen LogP contribution in [0.15, 0.2) is 59.0 Å². The number of hydrogen-bond donors (Lipinski definition) is 0. The van der Waals surface area contributed by atoms with Crippen LogP contribution >= 0.6 is 0 Å². The number of aromatic nitrogens is 1. The second-order valence-electron chi connectivity index (χ2n) is 4.54. The minimum Gasteiger partial charge on any atom is -0.466 e. The number of carbonyl (C=O) groups is 1. The summed E-state index contributed by atoms with van der Waals surface area (Å²) in [4.78, 5) is 15.0. The van der Waals surface area contributed by atoms with Crippen molar-refractivity contribution in [3.63, 3.8) is 0 Å². The zero-order valence-corrected chi connectivity index (χ0v) is 12.5. The number of benzene rings is 1. The van der Waals surface area contributed by atoms with Gasteiger partial charge in [-0.3, -0.25) is 4.98 Å². The summed E-state index contributed by atoms with van der Waals surface area (Å²) in [6.07, 6.45) is 1.06. The number of alkyl halides is 3. The van der Waals surface area contributed by atoms with Crippen molar-refractivity contribution < 1.29 is 22.7 Å². The Balaban J connectivity index is 2.27. The molecule has 2 rings (SSSR count). The SMILES string of the molecule is COC(=O)/C=C/c1cnccc1N=Nc1cccc(C(F)(F)F)c1. The fourth-order valence-corrected chi connectivity index (χ4v) is 1.70. The molecule has 0 amide bonds. The molecule has 0 unspecified atom stereocenters. The van der Waals surface area contributed by atoms with Crippen molar-refractivity contribution in [2.24, 2.45) is 10.2 Å². The van der Waals surface area contributed by atoms with Crippen LogP contribution in [0.1, 0.15) is 11.1 Å². The monoisotopic (exact) mass is 335 g/mol. The van der Waals surface area contributed by atoms with E-state index in [1.807, 2.05) is 0 Å².